The maximum atomic E-state index is 12.5. The van der Waals surface area contributed by atoms with E-state index in [9.17, 15) is 9.59 Å². The van der Waals surface area contributed by atoms with Crippen molar-refractivity contribution >= 4 is 23.6 Å². The lowest BCUT2D eigenvalue weighted by Crippen LogP contribution is -2.46. The number of benzene rings is 1. The smallest absolute Gasteiger partial charge is 0.409 e. The molecule has 1 N–H and O–H groups in total. The number of carbonyl (C=O) groups is 2. The molecular weight excluding hydrogens is 316 g/mol. The van der Waals surface area contributed by atoms with Crippen LogP contribution in [0, 0.1) is 5.92 Å². The summed E-state index contributed by atoms with van der Waals surface area (Å²) in [6.07, 6.45) is 1.25. The van der Waals surface area contributed by atoms with Crippen LogP contribution in [0.1, 0.15) is 38.3 Å². The van der Waals surface area contributed by atoms with Crippen LogP contribution < -0.4 is 5.32 Å². The summed E-state index contributed by atoms with van der Waals surface area (Å²) in [6.45, 7) is 5.10. The van der Waals surface area contributed by atoms with Crippen LogP contribution in [0.15, 0.2) is 24.3 Å². The van der Waals surface area contributed by atoms with Gasteiger partial charge in [0.25, 0.3) is 0 Å². The van der Waals surface area contributed by atoms with Gasteiger partial charge < -0.3 is 15.0 Å². The Morgan fingerprint density at radius 3 is 2.96 bits per heavy atom. The molecule has 1 fully saturated rings. The molecule has 6 heteroatoms. The molecule has 0 radical (unpaired) electrons. The third kappa shape index (κ3) is 4.86. The molecule has 2 unspecified atom stereocenters. The van der Waals surface area contributed by atoms with Crippen LogP contribution in [-0.2, 0) is 9.53 Å². The van der Waals surface area contributed by atoms with Crippen molar-refractivity contribution < 1.29 is 14.3 Å². The molecule has 0 spiro atoms. The summed E-state index contributed by atoms with van der Waals surface area (Å²) in [5.74, 6) is -0.235. The summed E-state index contributed by atoms with van der Waals surface area (Å²) < 4.78 is 5.01. The summed E-state index contributed by atoms with van der Waals surface area (Å²) in [5, 5.41) is 3.66. The van der Waals surface area contributed by atoms with E-state index >= 15 is 0 Å². The third-order valence-electron chi connectivity index (χ3n) is 4.03. The Morgan fingerprint density at radius 2 is 2.26 bits per heavy atom. The molecule has 2 rings (SSSR count). The van der Waals surface area contributed by atoms with E-state index < -0.39 is 0 Å². The van der Waals surface area contributed by atoms with Crippen molar-refractivity contribution in [2.75, 3.05) is 19.7 Å². The molecule has 23 heavy (non-hydrogen) atoms. The first-order valence-corrected chi connectivity index (χ1v) is 8.36. The number of nitrogens with zero attached hydrogens (tertiary/aromatic N) is 1. The van der Waals surface area contributed by atoms with Gasteiger partial charge in [0.15, 0.2) is 0 Å². The van der Waals surface area contributed by atoms with E-state index in [0.29, 0.717) is 24.7 Å². The van der Waals surface area contributed by atoms with Crippen molar-refractivity contribution in [3.05, 3.63) is 34.9 Å². The van der Waals surface area contributed by atoms with Crippen LogP contribution in [0.2, 0.25) is 5.02 Å². The SMILES string of the molecule is CCOC(=O)N1CCCC(C(=O)NC(C)c2cccc(Cl)c2)C1. The minimum absolute atomic E-state index is 0.0357. The average molecular weight is 339 g/mol. The van der Waals surface area contributed by atoms with E-state index in [-0.39, 0.29) is 24.0 Å². The number of ether oxygens (including phenoxy) is 1. The van der Waals surface area contributed by atoms with Crippen molar-refractivity contribution in [3.8, 4) is 0 Å². The zero-order valence-electron chi connectivity index (χ0n) is 13.5. The Bertz CT molecular complexity index is 565. The average Bonchev–Trinajstić information content (AvgIpc) is 2.55. The van der Waals surface area contributed by atoms with Crippen LogP contribution in [0.4, 0.5) is 4.79 Å². The molecule has 1 aliphatic rings. The van der Waals surface area contributed by atoms with Gasteiger partial charge in [-0.05, 0) is 44.4 Å². The van der Waals surface area contributed by atoms with Crippen molar-refractivity contribution in [1.29, 1.82) is 0 Å². The normalized spacial score (nSPS) is 19.1. The van der Waals surface area contributed by atoms with Crippen molar-refractivity contribution in [3.63, 3.8) is 0 Å². The molecule has 1 aliphatic heterocycles. The Labute approximate surface area is 141 Å². The number of rotatable bonds is 4. The zero-order chi connectivity index (χ0) is 16.8. The summed E-state index contributed by atoms with van der Waals surface area (Å²) in [4.78, 5) is 25.9. The first-order chi connectivity index (χ1) is 11.0. The predicted octanol–water partition coefficient (Wildman–Crippen LogP) is 3.39. The third-order valence-corrected chi connectivity index (χ3v) is 4.26. The molecule has 1 aromatic rings. The second-order valence-corrected chi connectivity index (χ2v) is 6.21. The van der Waals surface area contributed by atoms with Crippen LogP contribution in [0.3, 0.4) is 0 Å². The Morgan fingerprint density at radius 1 is 1.48 bits per heavy atom. The van der Waals surface area contributed by atoms with Crippen LogP contribution in [0.25, 0.3) is 0 Å². The number of hydrogen-bond donors (Lipinski definition) is 1. The highest BCUT2D eigenvalue weighted by molar-refractivity contribution is 6.30. The minimum Gasteiger partial charge on any atom is -0.450 e. The van der Waals surface area contributed by atoms with Gasteiger partial charge in [-0.2, -0.15) is 0 Å². The molecule has 1 heterocycles. The molecule has 1 aromatic carbocycles. The van der Waals surface area contributed by atoms with E-state index in [1.54, 1.807) is 17.9 Å². The molecule has 5 nitrogen and oxygen atoms in total. The van der Waals surface area contributed by atoms with Gasteiger partial charge in [0.1, 0.15) is 0 Å². The molecule has 1 saturated heterocycles. The second-order valence-electron chi connectivity index (χ2n) is 5.77. The fourth-order valence-corrected chi connectivity index (χ4v) is 2.96. The summed E-state index contributed by atoms with van der Waals surface area (Å²) in [7, 11) is 0. The fraction of sp³-hybridized carbons (Fsp3) is 0.529. The van der Waals surface area contributed by atoms with Gasteiger partial charge in [-0.25, -0.2) is 4.79 Å². The van der Waals surface area contributed by atoms with Crippen LogP contribution in [0.5, 0.6) is 0 Å². The highest BCUT2D eigenvalue weighted by Crippen LogP contribution is 2.21. The van der Waals surface area contributed by atoms with Gasteiger partial charge in [0.05, 0.1) is 18.6 Å². The molecule has 0 bridgehead atoms. The highest BCUT2D eigenvalue weighted by Gasteiger charge is 2.29. The van der Waals surface area contributed by atoms with Gasteiger partial charge in [-0.3, -0.25) is 4.79 Å². The second kappa shape index (κ2) is 8.20. The van der Waals surface area contributed by atoms with Crippen LogP contribution in [-0.4, -0.2) is 36.6 Å². The van der Waals surface area contributed by atoms with E-state index in [1.807, 2.05) is 25.1 Å². The molecule has 0 aromatic heterocycles. The highest BCUT2D eigenvalue weighted by atomic mass is 35.5. The molecule has 2 atom stereocenters. The summed E-state index contributed by atoms with van der Waals surface area (Å²) in [5.41, 5.74) is 0.962. The monoisotopic (exact) mass is 338 g/mol. The number of hydrogen-bond acceptors (Lipinski definition) is 3. The summed E-state index contributed by atoms with van der Waals surface area (Å²) >= 11 is 5.99. The molecule has 2 amide bonds. The number of halogens is 1. The lowest BCUT2D eigenvalue weighted by Gasteiger charge is -2.31. The number of carbonyl (C=O) groups excluding carboxylic acids is 2. The number of amides is 2. The van der Waals surface area contributed by atoms with Crippen molar-refractivity contribution in [1.82, 2.24) is 10.2 Å². The Hall–Kier alpha value is -1.75. The molecule has 0 aliphatic carbocycles. The molecular formula is C17H23ClN2O3. The topological polar surface area (TPSA) is 58.6 Å². The van der Waals surface area contributed by atoms with E-state index in [4.69, 9.17) is 16.3 Å². The lowest BCUT2D eigenvalue weighted by atomic mass is 9.96. The lowest BCUT2D eigenvalue weighted by molar-refractivity contribution is -0.127. The fourth-order valence-electron chi connectivity index (χ4n) is 2.76. The van der Waals surface area contributed by atoms with E-state index in [2.05, 4.69) is 5.32 Å². The number of nitrogens with one attached hydrogen (secondary N) is 1. The Kier molecular flexibility index (Phi) is 6.28. The number of likely N-dealkylation sites (tertiary alicyclic amines) is 1. The largest absolute Gasteiger partial charge is 0.450 e. The first-order valence-electron chi connectivity index (χ1n) is 7.98. The van der Waals surface area contributed by atoms with Crippen molar-refractivity contribution in [2.45, 2.75) is 32.7 Å². The number of piperidine rings is 1. The summed E-state index contributed by atoms with van der Waals surface area (Å²) in [6, 6.07) is 7.32. The van der Waals surface area contributed by atoms with Crippen molar-refractivity contribution in [2.24, 2.45) is 5.92 Å². The van der Waals surface area contributed by atoms with E-state index in [0.717, 1.165) is 18.4 Å². The predicted molar refractivity (Wildman–Crippen MR) is 89.3 cm³/mol. The van der Waals surface area contributed by atoms with Gasteiger partial charge >= 0.3 is 6.09 Å². The van der Waals surface area contributed by atoms with Gasteiger partial charge in [0, 0.05) is 18.1 Å². The van der Waals surface area contributed by atoms with Crippen LogP contribution >= 0.6 is 11.6 Å². The minimum atomic E-state index is -0.340. The van der Waals surface area contributed by atoms with E-state index in [1.165, 1.54) is 0 Å². The maximum Gasteiger partial charge on any atom is 0.409 e. The molecule has 0 saturated carbocycles. The maximum absolute atomic E-state index is 12.5. The van der Waals surface area contributed by atoms with Gasteiger partial charge in [0.2, 0.25) is 5.91 Å². The molecule has 126 valence electrons. The standard InChI is InChI=1S/C17H23ClN2O3/c1-3-23-17(22)20-9-5-7-14(11-20)16(21)19-12(2)13-6-4-8-15(18)10-13/h4,6,8,10,12,14H,3,5,7,9,11H2,1-2H3,(H,19,21). The Balaban J connectivity index is 1.93. The first kappa shape index (κ1) is 17.6. The van der Waals surface area contributed by atoms with Gasteiger partial charge in [-0.1, -0.05) is 23.7 Å². The quantitative estimate of drug-likeness (QED) is 0.915. The zero-order valence-corrected chi connectivity index (χ0v) is 14.3. The van der Waals surface area contributed by atoms with Gasteiger partial charge in [-0.15, -0.1) is 0 Å².